The number of hydrogen-bond donors (Lipinski definition) is 0. The number of para-hydroxylation sites is 2. The molecule has 0 radical (unpaired) electrons. The Balaban J connectivity index is 1.37. The maximum atomic E-state index is 10.0. The summed E-state index contributed by atoms with van der Waals surface area (Å²) >= 11 is 0. The summed E-state index contributed by atoms with van der Waals surface area (Å²) in [5.41, 5.74) is 10.5. The van der Waals surface area contributed by atoms with E-state index in [1.807, 2.05) is 42.5 Å². The zero-order valence-electron chi connectivity index (χ0n) is 27.5. The van der Waals surface area contributed by atoms with Gasteiger partial charge >= 0.3 is 0 Å². The minimum atomic E-state index is 0.418. The standard InChI is InChI=1S/C46H24N6/c1-50-40-15-8-11-33(28-49)46(40)29-18-21-42-38(23-29)37-20-17-30(45-31(26-47)9-7-10-32(45)27-48)24-44(37)52(42)35-19-22-43-39(25-35)36-14-5-6-16-41(36)51(43)34-12-3-2-4-13-34/h2-25H. The van der Waals surface area contributed by atoms with E-state index in [9.17, 15) is 15.8 Å². The van der Waals surface area contributed by atoms with E-state index in [1.54, 1.807) is 36.4 Å². The van der Waals surface area contributed by atoms with Gasteiger partial charge in [-0.15, -0.1) is 0 Å². The predicted molar refractivity (Wildman–Crippen MR) is 206 cm³/mol. The highest BCUT2D eigenvalue weighted by Crippen LogP contribution is 2.42. The summed E-state index contributed by atoms with van der Waals surface area (Å²) in [6.07, 6.45) is 0. The monoisotopic (exact) mass is 660 g/mol. The molecule has 0 atom stereocenters. The van der Waals surface area contributed by atoms with Gasteiger partial charge in [-0.2, -0.15) is 15.8 Å². The molecule has 0 aliphatic rings. The summed E-state index contributed by atoms with van der Waals surface area (Å²) in [4.78, 5) is 3.75. The van der Waals surface area contributed by atoms with Crippen LogP contribution in [0.4, 0.5) is 5.69 Å². The highest BCUT2D eigenvalue weighted by atomic mass is 15.0. The van der Waals surface area contributed by atoms with Gasteiger partial charge in [0.15, 0.2) is 5.69 Å². The van der Waals surface area contributed by atoms with Crippen LogP contribution >= 0.6 is 0 Å². The molecule has 0 unspecified atom stereocenters. The van der Waals surface area contributed by atoms with Crippen molar-refractivity contribution in [3.05, 3.63) is 174 Å². The first-order valence-corrected chi connectivity index (χ1v) is 16.6. The molecule has 2 heterocycles. The van der Waals surface area contributed by atoms with Crippen molar-refractivity contribution in [1.82, 2.24) is 9.13 Å². The van der Waals surface area contributed by atoms with E-state index >= 15 is 0 Å². The Hall–Kier alpha value is -7.90. The van der Waals surface area contributed by atoms with E-state index in [1.165, 1.54) is 0 Å². The molecule has 9 rings (SSSR count). The van der Waals surface area contributed by atoms with Crippen LogP contribution in [0.5, 0.6) is 0 Å². The van der Waals surface area contributed by atoms with Crippen molar-refractivity contribution in [3.63, 3.8) is 0 Å². The Morgan fingerprint density at radius 1 is 0.423 bits per heavy atom. The van der Waals surface area contributed by atoms with Gasteiger partial charge in [-0.25, -0.2) is 4.85 Å². The second-order valence-electron chi connectivity index (χ2n) is 12.6. The van der Waals surface area contributed by atoms with Gasteiger partial charge in [-0.3, -0.25) is 0 Å². The maximum absolute atomic E-state index is 10.0. The van der Waals surface area contributed by atoms with Crippen LogP contribution < -0.4 is 0 Å². The topological polar surface area (TPSA) is 85.6 Å². The fraction of sp³-hybridized carbons (Fsp3) is 0. The highest BCUT2D eigenvalue weighted by molar-refractivity contribution is 6.14. The van der Waals surface area contributed by atoms with Crippen LogP contribution in [0.1, 0.15) is 16.7 Å². The summed E-state index contributed by atoms with van der Waals surface area (Å²) in [7, 11) is 0. The minimum absolute atomic E-state index is 0.418. The van der Waals surface area contributed by atoms with Gasteiger partial charge in [0.25, 0.3) is 0 Å². The molecule has 52 heavy (non-hydrogen) atoms. The zero-order chi connectivity index (χ0) is 35.3. The Kier molecular flexibility index (Phi) is 6.91. The summed E-state index contributed by atoms with van der Waals surface area (Å²) in [6, 6.07) is 54.7. The second kappa shape index (κ2) is 11.9. The average Bonchev–Trinajstić information content (AvgIpc) is 3.71. The predicted octanol–water partition coefficient (Wildman–Crippen LogP) is 11.4. The Morgan fingerprint density at radius 2 is 0.981 bits per heavy atom. The lowest BCUT2D eigenvalue weighted by Crippen LogP contribution is -1.96. The van der Waals surface area contributed by atoms with Crippen molar-refractivity contribution in [2.75, 3.05) is 0 Å². The molecule has 0 saturated carbocycles. The molecular weight excluding hydrogens is 637 g/mol. The number of hydrogen-bond acceptors (Lipinski definition) is 3. The van der Waals surface area contributed by atoms with Gasteiger partial charge < -0.3 is 9.13 Å². The molecule has 6 heteroatoms. The smallest absolute Gasteiger partial charge is 0.196 e. The van der Waals surface area contributed by atoms with Gasteiger partial charge in [-0.1, -0.05) is 72.8 Å². The van der Waals surface area contributed by atoms with Gasteiger partial charge in [0.2, 0.25) is 0 Å². The van der Waals surface area contributed by atoms with Crippen molar-refractivity contribution < 1.29 is 0 Å². The lowest BCUT2D eigenvalue weighted by atomic mass is 9.94. The van der Waals surface area contributed by atoms with Crippen molar-refractivity contribution in [2.45, 2.75) is 0 Å². The first kappa shape index (κ1) is 30.2. The minimum Gasteiger partial charge on any atom is -0.309 e. The Bertz CT molecular complexity index is 3050. The molecule has 0 N–H and O–H groups in total. The third-order valence-corrected chi connectivity index (χ3v) is 9.86. The van der Waals surface area contributed by atoms with E-state index in [2.05, 4.69) is 98.9 Å². The van der Waals surface area contributed by atoms with Crippen LogP contribution in [0.25, 0.3) is 82.1 Å². The molecule has 0 aliphatic carbocycles. The highest BCUT2D eigenvalue weighted by Gasteiger charge is 2.20. The van der Waals surface area contributed by atoms with Crippen LogP contribution in [0.2, 0.25) is 0 Å². The fourth-order valence-electron chi connectivity index (χ4n) is 7.64. The van der Waals surface area contributed by atoms with Crippen molar-refractivity contribution in [1.29, 1.82) is 15.8 Å². The number of rotatable bonds is 4. The van der Waals surface area contributed by atoms with Crippen molar-refractivity contribution in [3.8, 4) is 51.8 Å². The summed E-state index contributed by atoms with van der Waals surface area (Å²) in [5, 5.41) is 34.2. The third-order valence-electron chi connectivity index (χ3n) is 9.86. The molecule has 7 aromatic carbocycles. The van der Waals surface area contributed by atoms with E-state index < -0.39 is 0 Å². The lowest BCUT2D eigenvalue weighted by Gasteiger charge is -2.12. The summed E-state index contributed by atoms with van der Waals surface area (Å²) in [6.45, 7) is 7.83. The molecule has 0 spiro atoms. The van der Waals surface area contributed by atoms with Gasteiger partial charge in [0.05, 0.1) is 58.0 Å². The molecule has 9 aromatic rings. The van der Waals surface area contributed by atoms with Gasteiger partial charge in [0.1, 0.15) is 0 Å². The fourth-order valence-corrected chi connectivity index (χ4v) is 7.64. The molecule has 6 nitrogen and oxygen atoms in total. The Morgan fingerprint density at radius 3 is 1.71 bits per heavy atom. The van der Waals surface area contributed by atoms with Gasteiger partial charge in [-0.05, 0) is 83.9 Å². The van der Waals surface area contributed by atoms with Crippen molar-refractivity contribution >= 4 is 49.3 Å². The average molecular weight is 661 g/mol. The molecule has 0 saturated heterocycles. The van der Waals surface area contributed by atoms with Crippen LogP contribution in [0.15, 0.2) is 146 Å². The first-order chi connectivity index (χ1) is 25.6. The van der Waals surface area contributed by atoms with Crippen molar-refractivity contribution in [2.24, 2.45) is 0 Å². The van der Waals surface area contributed by atoms with Crippen LogP contribution in [0, 0.1) is 40.6 Å². The van der Waals surface area contributed by atoms with E-state index in [4.69, 9.17) is 6.57 Å². The molecule has 0 bridgehead atoms. The van der Waals surface area contributed by atoms with Crippen LogP contribution in [0.3, 0.4) is 0 Å². The molecule has 0 aliphatic heterocycles. The number of fused-ring (bicyclic) bond motifs is 6. The first-order valence-electron chi connectivity index (χ1n) is 16.6. The second-order valence-corrected chi connectivity index (χ2v) is 12.6. The molecular formula is C46H24N6. The summed E-state index contributed by atoms with van der Waals surface area (Å²) < 4.78 is 4.51. The summed E-state index contributed by atoms with van der Waals surface area (Å²) in [5.74, 6) is 0. The third kappa shape index (κ3) is 4.47. The number of benzene rings is 7. The molecule has 0 amide bonds. The Labute approximate surface area is 298 Å². The number of nitriles is 3. The molecule has 238 valence electrons. The zero-order valence-corrected chi connectivity index (χ0v) is 27.5. The maximum Gasteiger partial charge on any atom is 0.196 e. The van der Waals surface area contributed by atoms with E-state index in [0.29, 0.717) is 33.5 Å². The van der Waals surface area contributed by atoms with E-state index in [-0.39, 0.29) is 0 Å². The lowest BCUT2D eigenvalue weighted by molar-refractivity contribution is 1.17. The molecule has 0 fully saturated rings. The van der Waals surface area contributed by atoms with Crippen LogP contribution in [-0.2, 0) is 0 Å². The quantitative estimate of drug-likeness (QED) is 0.176. The van der Waals surface area contributed by atoms with Gasteiger partial charge in [0, 0.05) is 49.6 Å². The normalized spacial score (nSPS) is 11.0. The largest absolute Gasteiger partial charge is 0.309 e. The van der Waals surface area contributed by atoms with Crippen LogP contribution in [-0.4, -0.2) is 9.13 Å². The van der Waals surface area contributed by atoms with E-state index in [0.717, 1.165) is 66.1 Å². The molecule has 2 aromatic heterocycles. The SMILES string of the molecule is [C-]#[N+]c1cccc(C#N)c1-c1ccc2c(c1)c1ccc(-c3c(C#N)cccc3C#N)cc1n2-c1ccc2c(c1)c1ccccc1n2-c1ccccc1. The number of aromatic nitrogens is 2. The number of nitrogens with zero attached hydrogens (tertiary/aromatic N) is 6.